The first kappa shape index (κ1) is 16.3. The lowest BCUT2D eigenvalue weighted by molar-refractivity contribution is 0.0954. The molecule has 0 atom stereocenters. The topological polar surface area (TPSA) is 54.0 Å². The van der Waals surface area contributed by atoms with E-state index in [0.29, 0.717) is 22.9 Å². The van der Waals surface area contributed by atoms with Crippen LogP contribution in [0, 0.1) is 0 Å². The zero-order valence-corrected chi connectivity index (χ0v) is 14.6. The molecule has 112 valence electrons. The van der Waals surface area contributed by atoms with Gasteiger partial charge in [-0.25, -0.2) is 4.98 Å². The highest BCUT2D eigenvalue weighted by Crippen LogP contribution is 2.22. The van der Waals surface area contributed by atoms with Gasteiger partial charge < -0.3 is 10.6 Å². The van der Waals surface area contributed by atoms with Crippen LogP contribution in [-0.2, 0) is 6.42 Å². The van der Waals surface area contributed by atoms with Crippen LogP contribution in [0.5, 0.6) is 0 Å². The lowest BCUT2D eigenvalue weighted by Gasteiger charge is -2.08. The SMILES string of the molecule is CCNc1cc(C(=O)NCCc2ccc(Br)s2)c(Cl)cn1. The van der Waals surface area contributed by atoms with Crippen molar-refractivity contribution >= 4 is 50.6 Å². The zero-order chi connectivity index (χ0) is 15.2. The highest BCUT2D eigenvalue weighted by Gasteiger charge is 2.11. The maximum Gasteiger partial charge on any atom is 0.253 e. The summed E-state index contributed by atoms with van der Waals surface area (Å²) in [6.45, 7) is 3.28. The van der Waals surface area contributed by atoms with Gasteiger partial charge in [-0.3, -0.25) is 4.79 Å². The predicted octanol–water partition coefficient (Wildman–Crippen LogP) is 3.96. The molecule has 2 heterocycles. The fourth-order valence-corrected chi connectivity index (χ4v) is 3.44. The molecule has 0 aliphatic carbocycles. The Morgan fingerprint density at radius 2 is 2.29 bits per heavy atom. The number of anilines is 1. The third-order valence-corrected chi connectivity index (χ3v) is 4.73. The standard InChI is InChI=1S/C14H15BrClN3OS/c1-2-17-13-7-10(11(16)8-19-13)14(20)18-6-5-9-3-4-12(15)21-9/h3-4,7-8H,2,5-6H2,1H3,(H,17,19)(H,18,20). The van der Waals surface area contributed by atoms with Crippen LogP contribution < -0.4 is 10.6 Å². The van der Waals surface area contributed by atoms with Crippen LogP contribution >= 0.6 is 38.9 Å². The third-order valence-electron chi connectivity index (χ3n) is 2.74. The fourth-order valence-electron chi connectivity index (χ4n) is 1.77. The van der Waals surface area contributed by atoms with Gasteiger partial charge in [0.2, 0.25) is 0 Å². The van der Waals surface area contributed by atoms with E-state index >= 15 is 0 Å². The Bertz CT molecular complexity index is 632. The number of amides is 1. The van der Waals surface area contributed by atoms with Crippen LogP contribution in [0.4, 0.5) is 5.82 Å². The number of halogens is 2. The number of rotatable bonds is 6. The second-order valence-electron chi connectivity index (χ2n) is 4.29. The minimum atomic E-state index is -0.183. The summed E-state index contributed by atoms with van der Waals surface area (Å²) in [7, 11) is 0. The Hall–Kier alpha value is -1.11. The van der Waals surface area contributed by atoms with Crippen LogP contribution in [0.3, 0.4) is 0 Å². The van der Waals surface area contributed by atoms with Crippen molar-refractivity contribution in [1.29, 1.82) is 0 Å². The lowest BCUT2D eigenvalue weighted by atomic mass is 10.2. The number of nitrogens with one attached hydrogen (secondary N) is 2. The normalized spacial score (nSPS) is 10.4. The Labute approximate surface area is 141 Å². The van der Waals surface area contributed by atoms with Crippen LogP contribution in [0.25, 0.3) is 0 Å². The maximum absolute atomic E-state index is 12.2. The van der Waals surface area contributed by atoms with Crippen molar-refractivity contribution in [1.82, 2.24) is 10.3 Å². The Balaban J connectivity index is 1.94. The molecule has 2 aromatic heterocycles. The molecule has 2 rings (SSSR count). The van der Waals surface area contributed by atoms with Gasteiger partial charge in [0.1, 0.15) is 5.82 Å². The van der Waals surface area contributed by atoms with E-state index in [1.807, 2.05) is 19.1 Å². The Morgan fingerprint density at radius 3 is 2.95 bits per heavy atom. The molecule has 2 aromatic rings. The number of hydrogen-bond donors (Lipinski definition) is 2. The number of pyridine rings is 1. The van der Waals surface area contributed by atoms with Gasteiger partial charge in [0.15, 0.2) is 0 Å². The van der Waals surface area contributed by atoms with Gasteiger partial charge in [-0.15, -0.1) is 11.3 Å². The molecule has 21 heavy (non-hydrogen) atoms. The van der Waals surface area contributed by atoms with Crippen molar-refractivity contribution in [3.05, 3.63) is 43.6 Å². The number of hydrogen-bond acceptors (Lipinski definition) is 4. The van der Waals surface area contributed by atoms with E-state index in [-0.39, 0.29) is 5.91 Å². The molecule has 0 saturated heterocycles. The smallest absolute Gasteiger partial charge is 0.253 e. The zero-order valence-electron chi connectivity index (χ0n) is 11.5. The number of thiophene rings is 1. The van der Waals surface area contributed by atoms with E-state index in [9.17, 15) is 4.79 Å². The van der Waals surface area contributed by atoms with Gasteiger partial charge in [0, 0.05) is 24.2 Å². The molecule has 7 heteroatoms. The van der Waals surface area contributed by atoms with Crippen molar-refractivity contribution < 1.29 is 4.79 Å². The summed E-state index contributed by atoms with van der Waals surface area (Å²) in [6, 6.07) is 5.72. The van der Waals surface area contributed by atoms with Crippen molar-refractivity contribution in [3.8, 4) is 0 Å². The second-order valence-corrected chi connectivity index (χ2v) is 7.25. The summed E-state index contributed by atoms with van der Waals surface area (Å²) in [5.74, 6) is 0.464. The van der Waals surface area contributed by atoms with E-state index in [4.69, 9.17) is 11.6 Å². The monoisotopic (exact) mass is 387 g/mol. The van der Waals surface area contributed by atoms with Crippen molar-refractivity contribution in [3.63, 3.8) is 0 Å². The molecule has 0 saturated carbocycles. The van der Waals surface area contributed by atoms with Gasteiger partial charge in [0.25, 0.3) is 5.91 Å². The minimum Gasteiger partial charge on any atom is -0.370 e. The van der Waals surface area contributed by atoms with Gasteiger partial charge >= 0.3 is 0 Å². The summed E-state index contributed by atoms with van der Waals surface area (Å²) in [6.07, 6.45) is 2.29. The van der Waals surface area contributed by atoms with E-state index < -0.39 is 0 Å². The largest absolute Gasteiger partial charge is 0.370 e. The molecule has 0 fully saturated rings. The van der Waals surface area contributed by atoms with Crippen molar-refractivity contribution in [2.24, 2.45) is 0 Å². The van der Waals surface area contributed by atoms with Gasteiger partial charge in [-0.05, 0) is 47.5 Å². The molecule has 0 aliphatic rings. The summed E-state index contributed by atoms with van der Waals surface area (Å²) in [5, 5.41) is 6.30. The molecular weight excluding hydrogens is 374 g/mol. The Morgan fingerprint density at radius 1 is 1.48 bits per heavy atom. The van der Waals surface area contributed by atoms with Crippen LogP contribution in [0.15, 0.2) is 28.2 Å². The highest BCUT2D eigenvalue weighted by molar-refractivity contribution is 9.11. The van der Waals surface area contributed by atoms with E-state index in [1.54, 1.807) is 17.4 Å². The first-order chi connectivity index (χ1) is 10.1. The van der Waals surface area contributed by atoms with E-state index in [0.717, 1.165) is 16.8 Å². The molecule has 2 N–H and O–H groups in total. The second kappa shape index (κ2) is 7.77. The Kier molecular flexibility index (Phi) is 6.02. The number of nitrogens with zero attached hydrogens (tertiary/aromatic N) is 1. The minimum absolute atomic E-state index is 0.183. The molecule has 0 unspecified atom stereocenters. The van der Waals surface area contributed by atoms with Gasteiger partial charge in [-0.1, -0.05) is 11.6 Å². The number of carbonyl (C=O) groups is 1. The molecule has 0 bridgehead atoms. The van der Waals surface area contributed by atoms with Crippen LogP contribution in [-0.4, -0.2) is 24.0 Å². The molecule has 4 nitrogen and oxygen atoms in total. The first-order valence-electron chi connectivity index (χ1n) is 6.52. The molecular formula is C14H15BrClN3OS. The lowest BCUT2D eigenvalue weighted by Crippen LogP contribution is -2.26. The maximum atomic E-state index is 12.2. The van der Waals surface area contributed by atoms with Crippen molar-refractivity contribution in [2.45, 2.75) is 13.3 Å². The fraction of sp³-hybridized carbons (Fsp3) is 0.286. The molecule has 1 amide bonds. The highest BCUT2D eigenvalue weighted by atomic mass is 79.9. The van der Waals surface area contributed by atoms with Crippen molar-refractivity contribution in [2.75, 3.05) is 18.4 Å². The van der Waals surface area contributed by atoms with E-state index in [2.05, 4.69) is 31.5 Å². The molecule has 0 spiro atoms. The van der Waals surface area contributed by atoms with E-state index in [1.165, 1.54) is 11.1 Å². The summed E-state index contributed by atoms with van der Waals surface area (Å²) < 4.78 is 1.09. The van der Waals surface area contributed by atoms with Crippen LogP contribution in [0.2, 0.25) is 5.02 Å². The van der Waals surface area contributed by atoms with Gasteiger partial charge in [-0.2, -0.15) is 0 Å². The average Bonchev–Trinajstić information content (AvgIpc) is 2.87. The van der Waals surface area contributed by atoms with Gasteiger partial charge in [0.05, 0.1) is 14.4 Å². The molecule has 0 radical (unpaired) electrons. The van der Waals surface area contributed by atoms with Crippen LogP contribution in [0.1, 0.15) is 22.2 Å². The number of aromatic nitrogens is 1. The summed E-state index contributed by atoms with van der Waals surface area (Å²) in [5.41, 5.74) is 0.440. The average molecular weight is 389 g/mol. The quantitative estimate of drug-likeness (QED) is 0.787. The summed E-state index contributed by atoms with van der Waals surface area (Å²) in [4.78, 5) is 17.5. The molecule has 0 aliphatic heterocycles. The third kappa shape index (κ3) is 4.69. The predicted molar refractivity (Wildman–Crippen MR) is 91.5 cm³/mol. The molecule has 0 aromatic carbocycles. The summed E-state index contributed by atoms with van der Waals surface area (Å²) >= 11 is 11.1. The number of carbonyl (C=O) groups excluding carboxylic acids is 1. The first-order valence-corrected chi connectivity index (χ1v) is 8.50.